The van der Waals surface area contributed by atoms with Crippen molar-refractivity contribution < 1.29 is 4.42 Å². The number of anilines is 3. The van der Waals surface area contributed by atoms with E-state index in [2.05, 4.69) is 198 Å². The minimum atomic E-state index is -0.577. The van der Waals surface area contributed by atoms with E-state index in [1.54, 1.807) is 0 Å². The highest BCUT2D eigenvalue weighted by molar-refractivity contribution is 6.09. The van der Waals surface area contributed by atoms with Crippen molar-refractivity contribution in [1.29, 1.82) is 0 Å². The smallest absolute Gasteiger partial charge is 0.187 e. The van der Waals surface area contributed by atoms with E-state index in [4.69, 9.17) is 11.0 Å². The Balaban J connectivity index is 1.06. The van der Waals surface area contributed by atoms with E-state index < -0.39 is 5.41 Å². The molecule has 0 fully saturated rings. The molecular formula is C56H34N2O. The van der Waals surface area contributed by atoms with Crippen LogP contribution in [0.25, 0.3) is 71.3 Å². The third-order valence-electron chi connectivity index (χ3n) is 12.5. The van der Waals surface area contributed by atoms with Gasteiger partial charge in [-0.25, -0.2) is 4.85 Å². The van der Waals surface area contributed by atoms with Crippen LogP contribution in [0.2, 0.25) is 0 Å². The first-order chi connectivity index (χ1) is 29.2. The molecule has 1 unspecified atom stereocenters. The van der Waals surface area contributed by atoms with Gasteiger partial charge >= 0.3 is 0 Å². The van der Waals surface area contributed by atoms with Gasteiger partial charge in [0.2, 0.25) is 0 Å². The van der Waals surface area contributed by atoms with Crippen LogP contribution >= 0.6 is 0 Å². The van der Waals surface area contributed by atoms with Gasteiger partial charge in [-0.2, -0.15) is 0 Å². The maximum atomic E-state index is 8.02. The van der Waals surface area contributed by atoms with Crippen LogP contribution in [0.4, 0.5) is 22.7 Å². The molecule has 10 aromatic rings. The van der Waals surface area contributed by atoms with Crippen LogP contribution in [0.3, 0.4) is 0 Å². The van der Waals surface area contributed by atoms with Crippen LogP contribution in [0.1, 0.15) is 22.3 Å². The zero-order valence-corrected chi connectivity index (χ0v) is 31.9. The van der Waals surface area contributed by atoms with Crippen molar-refractivity contribution in [3.8, 4) is 44.5 Å². The van der Waals surface area contributed by atoms with E-state index in [-0.39, 0.29) is 0 Å². The van der Waals surface area contributed by atoms with Crippen molar-refractivity contribution in [2.75, 3.05) is 4.90 Å². The monoisotopic (exact) mass is 750 g/mol. The van der Waals surface area contributed by atoms with Crippen molar-refractivity contribution in [1.82, 2.24) is 0 Å². The van der Waals surface area contributed by atoms with Gasteiger partial charge in [-0.1, -0.05) is 164 Å². The second-order valence-corrected chi connectivity index (χ2v) is 15.5. The highest BCUT2D eigenvalue weighted by Gasteiger charge is 2.51. The number of hydrogen-bond donors (Lipinski definition) is 0. The summed E-state index contributed by atoms with van der Waals surface area (Å²) in [6.45, 7) is 8.02. The van der Waals surface area contributed by atoms with Crippen molar-refractivity contribution >= 4 is 44.7 Å². The molecule has 1 atom stereocenters. The highest BCUT2D eigenvalue weighted by Crippen LogP contribution is 2.63. The second-order valence-electron chi connectivity index (χ2n) is 15.5. The molecule has 9 aromatic carbocycles. The summed E-state index contributed by atoms with van der Waals surface area (Å²) in [6, 6.07) is 73.8. The number of nitrogens with zero attached hydrogens (tertiary/aromatic N) is 2. The Kier molecular flexibility index (Phi) is 7.21. The Labute approximate surface area is 342 Å². The predicted octanol–water partition coefficient (Wildman–Crippen LogP) is 15.3. The Morgan fingerprint density at radius 1 is 0.390 bits per heavy atom. The van der Waals surface area contributed by atoms with E-state index in [0.717, 1.165) is 50.1 Å². The predicted molar refractivity (Wildman–Crippen MR) is 242 cm³/mol. The second kappa shape index (κ2) is 12.8. The molecule has 3 nitrogen and oxygen atoms in total. The standard InChI is InChI=1S/C56H34N2O/c1-57-39-26-32-46-44-14-5-8-19-50(44)56(52(46)34-39)51-20-9-6-15-45(51)47-33-31-42(35-53(47)56)58(40-27-22-37(23-28-40)36-12-3-2-4-13-36)41-29-24-38(25-30-41)43-17-11-18-49-48-16-7-10-21-54(48)59-55(43)49/h2-35H. The van der Waals surface area contributed by atoms with E-state index in [1.165, 1.54) is 55.6 Å². The van der Waals surface area contributed by atoms with Gasteiger partial charge in [-0.3, -0.25) is 0 Å². The zero-order valence-electron chi connectivity index (χ0n) is 31.9. The van der Waals surface area contributed by atoms with E-state index >= 15 is 0 Å². The molecule has 12 rings (SSSR count). The summed E-state index contributed by atoms with van der Waals surface area (Å²) in [7, 11) is 0. The van der Waals surface area contributed by atoms with Gasteiger partial charge in [0.25, 0.3) is 0 Å². The van der Waals surface area contributed by atoms with Crippen LogP contribution in [-0.4, -0.2) is 0 Å². The lowest BCUT2D eigenvalue weighted by atomic mass is 9.70. The van der Waals surface area contributed by atoms with Crippen LogP contribution in [0.5, 0.6) is 0 Å². The molecule has 2 aliphatic rings. The van der Waals surface area contributed by atoms with Crippen LogP contribution < -0.4 is 4.90 Å². The molecule has 3 heteroatoms. The summed E-state index contributed by atoms with van der Waals surface area (Å²) in [5.41, 5.74) is 19.3. The fraction of sp³-hybridized carbons (Fsp3) is 0.0179. The quantitative estimate of drug-likeness (QED) is 0.163. The summed E-state index contributed by atoms with van der Waals surface area (Å²) >= 11 is 0. The minimum absolute atomic E-state index is 0.577. The summed E-state index contributed by atoms with van der Waals surface area (Å²) in [5.74, 6) is 0. The first-order valence-corrected chi connectivity index (χ1v) is 20.0. The van der Waals surface area contributed by atoms with Crippen molar-refractivity contribution in [2.24, 2.45) is 0 Å². The Morgan fingerprint density at radius 2 is 0.915 bits per heavy atom. The topological polar surface area (TPSA) is 20.7 Å². The van der Waals surface area contributed by atoms with Crippen molar-refractivity contribution in [3.05, 3.63) is 240 Å². The third-order valence-corrected chi connectivity index (χ3v) is 12.5. The molecule has 0 N–H and O–H groups in total. The molecule has 0 radical (unpaired) electrons. The highest BCUT2D eigenvalue weighted by atomic mass is 16.3. The first-order valence-electron chi connectivity index (χ1n) is 20.0. The number of benzene rings is 9. The largest absolute Gasteiger partial charge is 0.455 e. The van der Waals surface area contributed by atoms with Gasteiger partial charge in [0.05, 0.1) is 12.0 Å². The molecule has 0 aliphatic heterocycles. The molecule has 0 bridgehead atoms. The zero-order chi connectivity index (χ0) is 39.1. The molecule has 0 amide bonds. The van der Waals surface area contributed by atoms with Gasteiger partial charge in [-0.05, 0) is 104 Å². The third kappa shape index (κ3) is 4.81. The molecule has 0 saturated carbocycles. The average Bonchev–Trinajstić information content (AvgIpc) is 3.94. The molecule has 1 spiro atoms. The molecule has 59 heavy (non-hydrogen) atoms. The molecule has 274 valence electrons. The normalized spacial score (nSPS) is 14.5. The maximum Gasteiger partial charge on any atom is 0.187 e. The molecular weight excluding hydrogens is 717 g/mol. The summed E-state index contributed by atoms with van der Waals surface area (Å²) in [6.07, 6.45) is 0. The summed E-state index contributed by atoms with van der Waals surface area (Å²) in [4.78, 5) is 6.29. The SMILES string of the molecule is [C-]#[N+]c1ccc2c(c1)C1(c3ccccc3-2)c2ccccc2-c2ccc(N(c3ccc(-c4ccccc4)cc3)c3ccc(-c4cccc5c4oc4ccccc45)cc3)cc21. The minimum Gasteiger partial charge on any atom is -0.455 e. The Hall–Kier alpha value is -7.93. The van der Waals surface area contributed by atoms with Crippen LogP contribution in [0.15, 0.2) is 211 Å². The van der Waals surface area contributed by atoms with E-state index in [1.807, 2.05) is 18.2 Å². The van der Waals surface area contributed by atoms with Gasteiger partial charge in [0, 0.05) is 33.4 Å². The van der Waals surface area contributed by atoms with Gasteiger partial charge in [-0.15, -0.1) is 0 Å². The average molecular weight is 751 g/mol. The Morgan fingerprint density at radius 3 is 1.63 bits per heavy atom. The Bertz CT molecular complexity index is 3320. The van der Waals surface area contributed by atoms with Crippen LogP contribution in [0, 0.1) is 6.57 Å². The lowest BCUT2D eigenvalue weighted by molar-refractivity contribution is 0.670. The van der Waals surface area contributed by atoms with Gasteiger partial charge in [0.1, 0.15) is 11.2 Å². The number of fused-ring (bicyclic) bond motifs is 13. The number of para-hydroxylation sites is 2. The van der Waals surface area contributed by atoms with E-state index in [9.17, 15) is 0 Å². The molecule has 1 aromatic heterocycles. The number of hydrogen-bond acceptors (Lipinski definition) is 2. The summed E-state index contributed by atoms with van der Waals surface area (Å²) < 4.78 is 6.45. The maximum absolute atomic E-state index is 8.02. The van der Waals surface area contributed by atoms with Gasteiger partial charge < -0.3 is 9.32 Å². The fourth-order valence-corrected chi connectivity index (χ4v) is 9.97. The fourth-order valence-electron chi connectivity index (χ4n) is 9.97. The van der Waals surface area contributed by atoms with Crippen molar-refractivity contribution in [2.45, 2.75) is 5.41 Å². The molecule has 0 saturated heterocycles. The molecule has 1 heterocycles. The van der Waals surface area contributed by atoms with Crippen LogP contribution in [-0.2, 0) is 5.41 Å². The van der Waals surface area contributed by atoms with E-state index in [0.29, 0.717) is 5.69 Å². The number of furan rings is 1. The lowest BCUT2D eigenvalue weighted by Gasteiger charge is -2.32. The number of rotatable bonds is 5. The van der Waals surface area contributed by atoms with Crippen molar-refractivity contribution in [3.63, 3.8) is 0 Å². The first kappa shape index (κ1) is 33.2. The lowest BCUT2D eigenvalue weighted by Crippen LogP contribution is -2.26. The van der Waals surface area contributed by atoms with Gasteiger partial charge in [0.15, 0.2) is 5.69 Å². The molecule has 2 aliphatic carbocycles. The summed E-state index contributed by atoms with van der Waals surface area (Å²) in [5, 5.41) is 2.24.